The maximum absolute atomic E-state index is 11.9. The molecule has 0 aliphatic carbocycles. The molecule has 1 aromatic heterocycles. The van der Waals surface area contributed by atoms with Gasteiger partial charge in [0, 0.05) is 25.3 Å². The number of aliphatic carboxylic acids is 1. The zero-order valence-electron chi connectivity index (χ0n) is 12.1. The molecule has 0 saturated carbocycles. The summed E-state index contributed by atoms with van der Waals surface area (Å²) in [7, 11) is 2.03. The van der Waals surface area contributed by atoms with Crippen molar-refractivity contribution in [3.63, 3.8) is 0 Å². The maximum atomic E-state index is 11.9. The topological polar surface area (TPSA) is 56.7 Å². The highest BCUT2D eigenvalue weighted by Gasteiger charge is 2.52. The van der Waals surface area contributed by atoms with E-state index in [4.69, 9.17) is 11.6 Å². The summed E-state index contributed by atoms with van der Waals surface area (Å²) in [6, 6.07) is 3.77. The zero-order chi connectivity index (χ0) is 15.0. The van der Waals surface area contributed by atoms with Crippen LogP contribution in [0, 0.1) is 5.41 Å². The number of carbonyl (C=O) groups is 1. The minimum absolute atomic E-state index is 0.0370. The van der Waals surface area contributed by atoms with Crippen LogP contribution in [0.5, 0.6) is 0 Å². The predicted octanol–water partition coefficient (Wildman–Crippen LogP) is 2.11. The van der Waals surface area contributed by atoms with E-state index < -0.39 is 11.4 Å². The molecule has 2 aliphatic heterocycles. The molecule has 3 rings (SSSR count). The van der Waals surface area contributed by atoms with Gasteiger partial charge < -0.3 is 14.9 Å². The van der Waals surface area contributed by atoms with Crippen LogP contribution in [-0.2, 0) is 4.79 Å². The Bertz CT molecular complexity index is 536. The number of nitrogens with zero attached hydrogens (tertiary/aromatic N) is 3. The minimum Gasteiger partial charge on any atom is -0.481 e. The molecule has 1 aromatic rings. The molecule has 0 aromatic carbocycles. The predicted molar refractivity (Wildman–Crippen MR) is 81.8 cm³/mol. The number of carboxylic acid groups (broad SMARTS) is 1. The summed E-state index contributed by atoms with van der Waals surface area (Å²) in [6.45, 7) is 2.39. The van der Waals surface area contributed by atoms with Gasteiger partial charge in [-0.15, -0.1) is 0 Å². The summed E-state index contributed by atoms with van der Waals surface area (Å²) < 4.78 is 0. The largest absolute Gasteiger partial charge is 0.481 e. The van der Waals surface area contributed by atoms with Gasteiger partial charge in [0.2, 0.25) is 0 Å². The second kappa shape index (κ2) is 5.46. The minimum atomic E-state index is -0.650. The van der Waals surface area contributed by atoms with Crippen molar-refractivity contribution in [2.45, 2.75) is 25.3 Å². The number of rotatable bonds is 2. The smallest absolute Gasteiger partial charge is 0.311 e. The first kappa shape index (κ1) is 14.6. The fraction of sp³-hybridized carbons (Fsp3) is 0.600. The number of pyridine rings is 1. The third-order valence-electron chi connectivity index (χ3n) is 4.99. The Balaban J connectivity index is 1.85. The number of likely N-dealkylation sites (N-methyl/N-ethyl adjacent to an activating group) is 1. The van der Waals surface area contributed by atoms with Crippen LogP contribution in [0.4, 0.5) is 5.82 Å². The first-order valence-corrected chi connectivity index (χ1v) is 7.71. The van der Waals surface area contributed by atoms with Crippen molar-refractivity contribution < 1.29 is 9.90 Å². The molecule has 3 heterocycles. The maximum Gasteiger partial charge on any atom is 0.311 e. The Morgan fingerprint density at radius 3 is 2.90 bits per heavy atom. The van der Waals surface area contributed by atoms with Crippen molar-refractivity contribution in [2.24, 2.45) is 5.41 Å². The molecular weight excluding hydrogens is 290 g/mol. The number of aromatic nitrogens is 1. The third-order valence-corrected chi connectivity index (χ3v) is 5.21. The Morgan fingerprint density at radius 1 is 1.43 bits per heavy atom. The number of hydrogen-bond acceptors (Lipinski definition) is 4. The monoisotopic (exact) mass is 309 g/mol. The van der Waals surface area contributed by atoms with Crippen LogP contribution < -0.4 is 4.90 Å². The highest BCUT2D eigenvalue weighted by molar-refractivity contribution is 6.30. The number of hydrogen-bond donors (Lipinski definition) is 1. The van der Waals surface area contributed by atoms with E-state index in [0.29, 0.717) is 18.0 Å². The number of halogens is 1. The van der Waals surface area contributed by atoms with Gasteiger partial charge in [-0.2, -0.15) is 0 Å². The zero-order valence-corrected chi connectivity index (χ0v) is 12.9. The van der Waals surface area contributed by atoms with Crippen LogP contribution in [0.1, 0.15) is 19.3 Å². The van der Waals surface area contributed by atoms with Gasteiger partial charge in [-0.1, -0.05) is 11.6 Å². The molecule has 2 aliphatic rings. The summed E-state index contributed by atoms with van der Waals surface area (Å²) in [5.41, 5.74) is -0.601. The summed E-state index contributed by atoms with van der Waals surface area (Å²) in [4.78, 5) is 20.6. The van der Waals surface area contributed by atoms with Gasteiger partial charge in [0.25, 0.3) is 0 Å². The van der Waals surface area contributed by atoms with Gasteiger partial charge >= 0.3 is 5.97 Å². The van der Waals surface area contributed by atoms with Crippen molar-refractivity contribution >= 4 is 23.4 Å². The summed E-state index contributed by atoms with van der Waals surface area (Å²) in [5, 5.41) is 10.4. The van der Waals surface area contributed by atoms with E-state index in [1.54, 1.807) is 6.20 Å². The number of carboxylic acids is 1. The van der Waals surface area contributed by atoms with E-state index in [1.165, 1.54) is 0 Å². The van der Waals surface area contributed by atoms with Gasteiger partial charge in [0.05, 0.1) is 10.4 Å². The van der Waals surface area contributed by atoms with E-state index in [-0.39, 0.29) is 6.04 Å². The molecule has 1 N–H and O–H groups in total. The van der Waals surface area contributed by atoms with Gasteiger partial charge in [0.15, 0.2) is 0 Å². The van der Waals surface area contributed by atoms with Gasteiger partial charge in [-0.05, 0) is 45.0 Å². The van der Waals surface area contributed by atoms with Crippen molar-refractivity contribution in [2.75, 3.05) is 31.6 Å². The molecule has 6 heteroatoms. The van der Waals surface area contributed by atoms with E-state index in [2.05, 4.69) is 14.8 Å². The lowest BCUT2D eigenvalue weighted by Gasteiger charge is -2.52. The third kappa shape index (κ3) is 2.49. The molecule has 5 nitrogen and oxygen atoms in total. The van der Waals surface area contributed by atoms with E-state index >= 15 is 0 Å². The molecule has 0 unspecified atom stereocenters. The van der Waals surface area contributed by atoms with E-state index in [9.17, 15) is 9.90 Å². The molecule has 0 radical (unpaired) electrons. The van der Waals surface area contributed by atoms with Gasteiger partial charge in [-0.3, -0.25) is 4.79 Å². The van der Waals surface area contributed by atoms with Crippen LogP contribution >= 0.6 is 11.6 Å². The second-order valence-electron chi connectivity index (χ2n) is 6.09. The summed E-state index contributed by atoms with van der Waals surface area (Å²) >= 11 is 5.88. The van der Waals surface area contributed by atoms with Gasteiger partial charge in [-0.25, -0.2) is 4.98 Å². The quantitative estimate of drug-likeness (QED) is 0.907. The molecule has 21 heavy (non-hydrogen) atoms. The van der Waals surface area contributed by atoms with Crippen LogP contribution in [0.15, 0.2) is 18.3 Å². The lowest BCUT2D eigenvalue weighted by Crippen LogP contribution is -2.63. The number of anilines is 1. The van der Waals surface area contributed by atoms with Crippen molar-refractivity contribution in [3.8, 4) is 0 Å². The van der Waals surface area contributed by atoms with Gasteiger partial charge in [0.1, 0.15) is 5.82 Å². The second-order valence-corrected chi connectivity index (χ2v) is 6.53. The standard InChI is InChI=1S/C15H20ClN3O2/c1-18-7-2-5-15(14(20)21)6-8-19(10-12(15)18)13-4-3-11(16)9-17-13/h3-4,9,12H,2,5-8,10H2,1H3,(H,20,21)/t12-,15+/m1/s1. The number of likely N-dealkylation sites (tertiary alicyclic amines) is 1. The molecule has 0 bridgehead atoms. The van der Waals surface area contributed by atoms with Crippen molar-refractivity contribution in [1.82, 2.24) is 9.88 Å². The highest BCUT2D eigenvalue weighted by Crippen LogP contribution is 2.42. The van der Waals surface area contributed by atoms with E-state index in [0.717, 1.165) is 31.7 Å². The van der Waals surface area contributed by atoms with Crippen LogP contribution in [0.3, 0.4) is 0 Å². The Hall–Kier alpha value is -1.33. The lowest BCUT2D eigenvalue weighted by molar-refractivity contribution is -0.158. The Labute approximate surface area is 129 Å². The lowest BCUT2D eigenvalue weighted by atomic mass is 9.68. The van der Waals surface area contributed by atoms with E-state index in [1.807, 2.05) is 19.2 Å². The van der Waals surface area contributed by atoms with Crippen molar-refractivity contribution in [3.05, 3.63) is 23.4 Å². The average Bonchev–Trinajstić information content (AvgIpc) is 2.48. The molecule has 2 fully saturated rings. The normalized spacial score (nSPS) is 30.0. The summed E-state index contributed by atoms with van der Waals surface area (Å²) in [6.07, 6.45) is 4.04. The SMILES string of the molecule is CN1CCC[C@]2(C(=O)O)CCN(c3ccc(Cl)cn3)C[C@@H]12. The molecule has 2 atom stereocenters. The number of piperidine rings is 2. The molecule has 0 spiro atoms. The first-order chi connectivity index (χ1) is 10.0. The average molecular weight is 310 g/mol. The van der Waals surface area contributed by atoms with Crippen LogP contribution in [-0.4, -0.2) is 53.7 Å². The fourth-order valence-corrected chi connectivity index (χ4v) is 3.86. The van der Waals surface area contributed by atoms with Crippen LogP contribution in [0.25, 0.3) is 0 Å². The van der Waals surface area contributed by atoms with Crippen LogP contribution in [0.2, 0.25) is 5.02 Å². The summed E-state index contributed by atoms with van der Waals surface area (Å²) in [5.74, 6) is 0.222. The Morgan fingerprint density at radius 2 is 2.24 bits per heavy atom. The Kier molecular flexibility index (Phi) is 3.80. The number of fused-ring (bicyclic) bond motifs is 1. The molecular formula is C15H20ClN3O2. The highest BCUT2D eigenvalue weighted by atomic mass is 35.5. The van der Waals surface area contributed by atoms with Crippen molar-refractivity contribution in [1.29, 1.82) is 0 Å². The fourth-order valence-electron chi connectivity index (χ4n) is 3.75. The molecule has 0 amide bonds. The first-order valence-electron chi connectivity index (χ1n) is 7.33. The molecule has 2 saturated heterocycles. The molecule has 114 valence electrons.